The van der Waals surface area contributed by atoms with Crippen LogP contribution in [-0.4, -0.2) is 25.5 Å². The summed E-state index contributed by atoms with van der Waals surface area (Å²) in [4.78, 5) is 27.7. The Hall–Kier alpha value is -2.96. The van der Waals surface area contributed by atoms with E-state index in [0.29, 0.717) is 17.1 Å². The van der Waals surface area contributed by atoms with E-state index in [2.05, 4.69) is 29.6 Å². The second-order valence-corrected chi connectivity index (χ2v) is 8.96. The number of esters is 1. The number of fused-ring (bicyclic) bond motifs is 1. The molecular weight excluding hydrogens is 408 g/mol. The second kappa shape index (κ2) is 9.90. The van der Waals surface area contributed by atoms with Crippen LogP contribution in [0.2, 0.25) is 0 Å². The molecule has 6 heteroatoms. The highest BCUT2D eigenvalue weighted by molar-refractivity contribution is 7.17. The molecule has 0 aliphatic heterocycles. The van der Waals surface area contributed by atoms with E-state index >= 15 is 0 Å². The highest BCUT2D eigenvalue weighted by Gasteiger charge is 2.28. The zero-order valence-corrected chi connectivity index (χ0v) is 18.5. The Morgan fingerprint density at radius 3 is 2.16 bits per heavy atom. The molecule has 0 unspecified atom stereocenters. The summed E-state index contributed by atoms with van der Waals surface area (Å²) in [6.07, 6.45) is 2.87. The Bertz CT molecular complexity index is 1010. The highest BCUT2D eigenvalue weighted by Crippen LogP contribution is 2.39. The van der Waals surface area contributed by atoms with Crippen molar-refractivity contribution in [2.75, 3.05) is 19.0 Å². The first-order valence-electron chi connectivity index (χ1n) is 10.6. The Morgan fingerprint density at radius 2 is 1.58 bits per heavy atom. The lowest BCUT2D eigenvalue weighted by Crippen LogP contribution is -3.10. The van der Waals surface area contributed by atoms with Crippen molar-refractivity contribution >= 4 is 28.2 Å². The quantitative estimate of drug-likeness (QED) is 0.534. The number of amides is 1. The van der Waals surface area contributed by atoms with Gasteiger partial charge < -0.3 is 15.0 Å². The van der Waals surface area contributed by atoms with Crippen LogP contribution in [-0.2, 0) is 35.5 Å². The van der Waals surface area contributed by atoms with Gasteiger partial charge in [-0.3, -0.25) is 4.79 Å². The minimum Gasteiger partial charge on any atom is -0.465 e. The molecule has 1 aliphatic carbocycles. The third-order valence-electron chi connectivity index (χ3n) is 5.57. The molecule has 1 aliphatic rings. The van der Waals surface area contributed by atoms with E-state index in [4.69, 9.17) is 4.74 Å². The molecule has 160 valence electrons. The van der Waals surface area contributed by atoms with Crippen molar-refractivity contribution in [1.29, 1.82) is 0 Å². The van der Waals surface area contributed by atoms with E-state index in [-0.39, 0.29) is 11.9 Å². The average molecular weight is 436 g/mol. The fourth-order valence-electron chi connectivity index (χ4n) is 4.16. The van der Waals surface area contributed by atoms with Crippen molar-refractivity contribution in [3.63, 3.8) is 0 Å². The van der Waals surface area contributed by atoms with Gasteiger partial charge in [-0.05, 0) is 24.8 Å². The van der Waals surface area contributed by atoms with Crippen molar-refractivity contribution in [1.82, 2.24) is 0 Å². The molecule has 0 spiro atoms. The van der Waals surface area contributed by atoms with Gasteiger partial charge in [0, 0.05) is 16.0 Å². The van der Waals surface area contributed by atoms with Crippen LogP contribution in [0.4, 0.5) is 5.00 Å². The van der Waals surface area contributed by atoms with Gasteiger partial charge in [0.15, 0.2) is 6.54 Å². The van der Waals surface area contributed by atoms with Crippen LogP contribution in [0.5, 0.6) is 0 Å². The van der Waals surface area contributed by atoms with Gasteiger partial charge in [-0.15, -0.1) is 11.3 Å². The van der Waals surface area contributed by atoms with E-state index in [1.165, 1.54) is 34.5 Å². The number of methoxy groups -OCH3 is 1. The lowest BCUT2D eigenvalue weighted by atomic mass is 10.1. The van der Waals surface area contributed by atoms with E-state index in [9.17, 15) is 9.59 Å². The largest absolute Gasteiger partial charge is 0.465 e. The molecule has 0 saturated heterocycles. The summed E-state index contributed by atoms with van der Waals surface area (Å²) < 4.78 is 4.99. The molecule has 3 aromatic rings. The Kier molecular flexibility index (Phi) is 6.79. The molecule has 5 nitrogen and oxygen atoms in total. The molecule has 0 saturated carbocycles. The van der Waals surface area contributed by atoms with Gasteiger partial charge in [0.2, 0.25) is 0 Å². The Morgan fingerprint density at radius 1 is 0.968 bits per heavy atom. The number of anilines is 1. The number of hydrogen-bond acceptors (Lipinski definition) is 4. The Labute approximate surface area is 186 Å². The van der Waals surface area contributed by atoms with Crippen LogP contribution in [0.15, 0.2) is 60.7 Å². The summed E-state index contributed by atoms with van der Waals surface area (Å²) >= 11 is 1.51. The molecule has 0 bridgehead atoms. The van der Waals surface area contributed by atoms with Gasteiger partial charge in [0.25, 0.3) is 5.91 Å². The third kappa shape index (κ3) is 5.21. The number of ether oxygens (including phenoxy) is 1. The zero-order chi connectivity index (χ0) is 21.6. The number of benzene rings is 2. The molecule has 1 aromatic heterocycles. The molecule has 1 amide bonds. The fraction of sp³-hybridized carbons (Fsp3) is 0.280. The maximum atomic E-state index is 13.0. The first kappa shape index (κ1) is 21.3. The maximum Gasteiger partial charge on any atom is 0.341 e. The molecular formula is C25H27N2O3S+. The van der Waals surface area contributed by atoms with Crippen LogP contribution < -0.4 is 10.2 Å². The Balaban J connectivity index is 1.50. The summed E-state index contributed by atoms with van der Waals surface area (Å²) in [5.74, 6) is -0.459. The average Bonchev–Trinajstić information content (AvgIpc) is 3.35. The third-order valence-corrected chi connectivity index (χ3v) is 6.78. The number of thiophene rings is 1. The van der Waals surface area contributed by atoms with Crippen molar-refractivity contribution in [3.8, 4) is 0 Å². The van der Waals surface area contributed by atoms with E-state index in [1.807, 2.05) is 36.4 Å². The summed E-state index contributed by atoms with van der Waals surface area (Å²) in [6, 6.07) is 20.4. The van der Waals surface area contributed by atoms with Gasteiger partial charge in [-0.2, -0.15) is 0 Å². The van der Waals surface area contributed by atoms with E-state index in [1.54, 1.807) is 0 Å². The van der Waals surface area contributed by atoms with Gasteiger partial charge in [-0.25, -0.2) is 4.79 Å². The highest BCUT2D eigenvalue weighted by atomic mass is 32.1. The van der Waals surface area contributed by atoms with Crippen LogP contribution >= 0.6 is 11.3 Å². The van der Waals surface area contributed by atoms with Crippen LogP contribution in [0.1, 0.15) is 38.3 Å². The van der Waals surface area contributed by atoms with E-state index in [0.717, 1.165) is 42.8 Å². The van der Waals surface area contributed by atoms with Gasteiger partial charge >= 0.3 is 5.97 Å². The smallest absolute Gasteiger partial charge is 0.341 e. The number of carbonyl (C=O) groups excluding carboxylic acids is 2. The molecule has 0 atom stereocenters. The van der Waals surface area contributed by atoms with Crippen molar-refractivity contribution < 1.29 is 19.2 Å². The maximum absolute atomic E-state index is 13.0. The van der Waals surface area contributed by atoms with Crippen LogP contribution in [0.25, 0.3) is 0 Å². The molecule has 1 heterocycles. The van der Waals surface area contributed by atoms with Crippen molar-refractivity contribution in [2.24, 2.45) is 0 Å². The zero-order valence-electron chi connectivity index (χ0n) is 17.6. The summed E-state index contributed by atoms with van der Waals surface area (Å²) in [7, 11) is 1.39. The van der Waals surface area contributed by atoms with E-state index < -0.39 is 0 Å². The molecule has 4 rings (SSSR count). The molecule has 0 radical (unpaired) electrons. The lowest BCUT2D eigenvalue weighted by molar-refractivity contribution is -0.919. The predicted molar refractivity (Wildman–Crippen MR) is 122 cm³/mol. The number of quaternary nitrogens is 1. The molecule has 2 aromatic carbocycles. The number of aryl methyl sites for hydroxylation is 1. The number of rotatable bonds is 8. The summed E-state index contributed by atoms with van der Waals surface area (Å²) in [6.45, 7) is 1.80. The first-order valence-corrected chi connectivity index (χ1v) is 11.4. The van der Waals surface area contributed by atoms with Crippen LogP contribution in [0.3, 0.4) is 0 Å². The normalized spacial score (nSPS) is 12.6. The van der Waals surface area contributed by atoms with Crippen LogP contribution in [0, 0.1) is 0 Å². The standard InChI is InChI=1S/C25H26N2O3S/c1-30-25(29)23-20-13-8-14-21(20)31-24(23)26-22(28)17-27(15-18-9-4-2-5-10-18)16-19-11-6-3-7-12-19/h2-7,9-12H,8,13-17H2,1H3,(H,26,28)/p+1. The number of nitrogens with one attached hydrogen (secondary N) is 2. The number of hydrogen-bond donors (Lipinski definition) is 2. The second-order valence-electron chi connectivity index (χ2n) is 7.85. The molecule has 31 heavy (non-hydrogen) atoms. The monoisotopic (exact) mass is 435 g/mol. The van der Waals surface area contributed by atoms with Gasteiger partial charge in [0.1, 0.15) is 18.1 Å². The number of carbonyl (C=O) groups is 2. The van der Waals surface area contributed by atoms with Crippen molar-refractivity contribution in [2.45, 2.75) is 32.4 Å². The first-order chi connectivity index (χ1) is 15.1. The van der Waals surface area contributed by atoms with Gasteiger partial charge in [0.05, 0.1) is 12.7 Å². The minimum absolute atomic E-state index is 0.0908. The SMILES string of the molecule is COC(=O)c1c(NC(=O)C[NH+](Cc2ccccc2)Cc2ccccc2)sc2c1CCC2. The topological polar surface area (TPSA) is 59.8 Å². The summed E-state index contributed by atoms with van der Waals surface area (Å²) in [5.41, 5.74) is 3.96. The van der Waals surface area contributed by atoms with Crippen molar-refractivity contribution in [3.05, 3.63) is 87.8 Å². The molecule has 2 N–H and O–H groups in total. The lowest BCUT2D eigenvalue weighted by Gasteiger charge is -2.19. The minimum atomic E-state index is -0.368. The predicted octanol–water partition coefficient (Wildman–Crippen LogP) is 3.25. The summed E-state index contributed by atoms with van der Waals surface area (Å²) in [5, 5.41) is 3.64. The fourth-order valence-corrected chi connectivity index (χ4v) is 5.46. The van der Waals surface area contributed by atoms with Gasteiger partial charge in [-0.1, -0.05) is 60.7 Å². The molecule has 0 fully saturated rings.